The molecular weight excluding hydrogens is 180 g/mol. The van der Waals surface area contributed by atoms with Gasteiger partial charge in [0.2, 0.25) is 5.91 Å². The predicted octanol–water partition coefficient (Wildman–Crippen LogP) is 0.936. The fourth-order valence-electron chi connectivity index (χ4n) is 1.05. The first-order chi connectivity index (χ1) is 6.34. The van der Waals surface area contributed by atoms with E-state index in [-0.39, 0.29) is 11.7 Å². The SMILES string of the molecule is C=C(O)C(CC(C)C)NC(=O)C(C)N. The molecule has 4 heteroatoms. The van der Waals surface area contributed by atoms with E-state index in [0.29, 0.717) is 12.3 Å². The van der Waals surface area contributed by atoms with Crippen LogP contribution in [0.1, 0.15) is 27.2 Å². The van der Waals surface area contributed by atoms with Gasteiger partial charge in [0.25, 0.3) is 0 Å². The van der Waals surface area contributed by atoms with Crippen molar-refractivity contribution in [1.82, 2.24) is 5.32 Å². The van der Waals surface area contributed by atoms with E-state index < -0.39 is 12.1 Å². The van der Waals surface area contributed by atoms with Crippen molar-refractivity contribution < 1.29 is 9.90 Å². The first kappa shape index (κ1) is 13.0. The Kier molecular flexibility index (Phi) is 5.23. The van der Waals surface area contributed by atoms with Gasteiger partial charge in [-0.1, -0.05) is 20.4 Å². The fraction of sp³-hybridized carbons (Fsp3) is 0.700. The number of nitrogens with two attached hydrogens (primary N) is 1. The van der Waals surface area contributed by atoms with Crippen LogP contribution in [0.2, 0.25) is 0 Å². The maximum absolute atomic E-state index is 11.3. The summed E-state index contributed by atoms with van der Waals surface area (Å²) in [4.78, 5) is 11.3. The molecule has 0 saturated heterocycles. The Bertz CT molecular complexity index is 212. The van der Waals surface area contributed by atoms with Gasteiger partial charge in [-0.05, 0) is 19.3 Å². The molecule has 82 valence electrons. The van der Waals surface area contributed by atoms with Crippen molar-refractivity contribution >= 4 is 5.91 Å². The third-order valence-corrected chi connectivity index (χ3v) is 1.84. The van der Waals surface area contributed by atoms with E-state index in [1.165, 1.54) is 0 Å². The number of rotatable bonds is 5. The molecule has 0 saturated carbocycles. The lowest BCUT2D eigenvalue weighted by atomic mass is 10.0. The van der Waals surface area contributed by atoms with E-state index in [0.717, 1.165) is 0 Å². The highest BCUT2D eigenvalue weighted by atomic mass is 16.3. The van der Waals surface area contributed by atoms with Gasteiger partial charge in [-0.3, -0.25) is 4.79 Å². The maximum Gasteiger partial charge on any atom is 0.237 e. The average Bonchev–Trinajstić information content (AvgIpc) is 2.01. The van der Waals surface area contributed by atoms with Crippen LogP contribution in [0.15, 0.2) is 12.3 Å². The van der Waals surface area contributed by atoms with Crippen LogP contribution in [0.3, 0.4) is 0 Å². The lowest BCUT2D eigenvalue weighted by Crippen LogP contribution is -2.45. The summed E-state index contributed by atoms with van der Waals surface area (Å²) in [5.41, 5.74) is 5.39. The molecule has 0 aromatic carbocycles. The van der Waals surface area contributed by atoms with Crippen molar-refractivity contribution in [3.63, 3.8) is 0 Å². The normalized spacial score (nSPS) is 14.9. The highest BCUT2D eigenvalue weighted by Crippen LogP contribution is 2.09. The van der Waals surface area contributed by atoms with Crippen molar-refractivity contribution in [2.75, 3.05) is 0 Å². The zero-order valence-corrected chi connectivity index (χ0v) is 9.08. The van der Waals surface area contributed by atoms with Crippen LogP contribution in [0.4, 0.5) is 0 Å². The molecule has 4 N–H and O–H groups in total. The van der Waals surface area contributed by atoms with E-state index in [1.54, 1.807) is 6.92 Å². The van der Waals surface area contributed by atoms with Crippen molar-refractivity contribution in [2.24, 2.45) is 11.7 Å². The number of amides is 1. The van der Waals surface area contributed by atoms with E-state index >= 15 is 0 Å². The Morgan fingerprint density at radius 2 is 2.00 bits per heavy atom. The second-order valence-corrected chi connectivity index (χ2v) is 3.97. The molecule has 0 heterocycles. The highest BCUT2D eigenvalue weighted by Gasteiger charge is 2.18. The number of aliphatic hydroxyl groups excluding tert-OH is 1. The summed E-state index contributed by atoms with van der Waals surface area (Å²) < 4.78 is 0. The molecule has 0 aliphatic carbocycles. The molecule has 2 unspecified atom stereocenters. The lowest BCUT2D eigenvalue weighted by Gasteiger charge is -2.20. The van der Waals surface area contributed by atoms with Crippen LogP contribution in [0.25, 0.3) is 0 Å². The molecule has 0 radical (unpaired) electrons. The van der Waals surface area contributed by atoms with Crippen molar-refractivity contribution in [3.05, 3.63) is 12.3 Å². The van der Waals surface area contributed by atoms with E-state index in [1.807, 2.05) is 13.8 Å². The third kappa shape index (κ3) is 4.87. The van der Waals surface area contributed by atoms with E-state index in [4.69, 9.17) is 5.73 Å². The molecule has 0 spiro atoms. The number of hydrogen-bond acceptors (Lipinski definition) is 3. The van der Waals surface area contributed by atoms with Crippen molar-refractivity contribution in [1.29, 1.82) is 0 Å². The third-order valence-electron chi connectivity index (χ3n) is 1.84. The molecule has 0 aromatic rings. The summed E-state index contributed by atoms with van der Waals surface area (Å²) in [5.74, 6) is 0.0795. The van der Waals surface area contributed by atoms with Gasteiger partial charge in [0, 0.05) is 0 Å². The highest BCUT2D eigenvalue weighted by molar-refractivity contribution is 5.81. The summed E-state index contributed by atoms with van der Waals surface area (Å²) in [6.07, 6.45) is 0.661. The lowest BCUT2D eigenvalue weighted by molar-refractivity contribution is -0.122. The number of hydrogen-bond donors (Lipinski definition) is 3. The molecular formula is C10H20N2O2. The summed E-state index contributed by atoms with van der Waals surface area (Å²) in [5, 5.41) is 11.9. The van der Waals surface area contributed by atoms with Gasteiger partial charge < -0.3 is 16.2 Å². The van der Waals surface area contributed by atoms with Gasteiger partial charge >= 0.3 is 0 Å². The number of carbonyl (C=O) groups is 1. The zero-order valence-electron chi connectivity index (χ0n) is 9.08. The topological polar surface area (TPSA) is 75.3 Å². The molecule has 0 fully saturated rings. The second-order valence-electron chi connectivity index (χ2n) is 3.97. The van der Waals surface area contributed by atoms with Gasteiger partial charge in [-0.2, -0.15) is 0 Å². The van der Waals surface area contributed by atoms with Crippen molar-refractivity contribution in [2.45, 2.75) is 39.3 Å². The molecule has 0 aromatic heterocycles. The van der Waals surface area contributed by atoms with Crippen LogP contribution in [0, 0.1) is 5.92 Å². The molecule has 0 aliphatic rings. The Morgan fingerprint density at radius 1 is 1.50 bits per heavy atom. The molecule has 4 nitrogen and oxygen atoms in total. The molecule has 0 bridgehead atoms. The average molecular weight is 200 g/mol. The van der Waals surface area contributed by atoms with Crippen LogP contribution in [-0.2, 0) is 4.79 Å². The fourth-order valence-corrected chi connectivity index (χ4v) is 1.05. The van der Waals surface area contributed by atoms with Gasteiger partial charge in [-0.15, -0.1) is 0 Å². The van der Waals surface area contributed by atoms with Crippen LogP contribution >= 0.6 is 0 Å². The van der Waals surface area contributed by atoms with E-state index in [2.05, 4.69) is 11.9 Å². The number of nitrogens with one attached hydrogen (secondary N) is 1. The molecule has 1 amide bonds. The largest absolute Gasteiger partial charge is 0.511 e. The first-order valence-corrected chi connectivity index (χ1v) is 4.78. The maximum atomic E-state index is 11.3. The Labute approximate surface area is 85.2 Å². The molecule has 2 atom stereocenters. The molecule has 0 aliphatic heterocycles. The minimum absolute atomic E-state index is 0.0206. The monoisotopic (exact) mass is 200 g/mol. The van der Waals surface area contributed by atoms with Gasteiger partial charge in [-0.25, -0.2) is 0 Å². The number of aliphatic hydroxyl groups is 1. The van der Waals surface area contributed by atoms with Crippen molar-refractivity contribution in [3.8, 4) is 0 Å². The summed E-state index contributed by atoms with van der Waals surface area (Å²) in [6, 6.07) is -0.961. The Morgan fingerprint density at radius 3 is 2.29 bits per heavy atom. The van der Waals surface area contributed by atoms with Gasteiger partial charge in [0.1, 0.15) is 5.76 Å². The van der Waals surface area contributed by atoms with Gasteiger partial charge in [0.05, 0.1) is 12.1 Å². The van der Waals surface area contributed by atoms with Crippen LogP contribution in [-0.4, -0.2) is 23.1 Å². The Balaban J connectivity index is 4.23. The molecule has 0 rings (SSSR count). The standard InChI is InChI=1S/C10H20N2O2/c1-6(2)5-9(8(4)13)12-10(14)7(3)11/h6-7,9,13H,4-5,11H2,1-3H3,(H,12,14). The molecule has 14 heavy (non-hydrogen) atoms. The van der Waals surface area contributed by atoms with Crippen LogP contribution < -0.4 is 11.1 Å². The smallest absolute Gasteiger partial charge is 0.237 e. The van der Waals surface area contributed by atoms with Gasteiger partial charge in [0.15, 0.2) is 0 Å². The quantitative estimate of drug-likeness (QED) is 0.578. The summed E-state index contributed by atoms with van der Waals surface area (Å²) >= 11 is 0. The predicted molar refractivity (Wildman–Crippen MR) is 56.8 cm³/mol. The second kappa shape index (κ2) is 5.65. The zero-order chi connectivity index (χ0) is 11.3. The summed E-state index contributed by atoms with van der Waals surface area (Å²) in [6.45, 7) is 9.04. The Hall–Kier alpha value is -1.03. The minimum Gasteiger partial charge on any atom is -0.511 e. The summed E-state index contributed by atoms with van der Waals surface area (Å²) in [7, 11) is 0. The minimum atomic E-state index is -0.566. The van der Waals surface area contributed by atoms with E-state index in [9.17, 15) is 9.90 Å². The first-order valence-electron chi connectivity index (χ1n) is 4.78. The van der Waals surface area contributed by atoms with Crippen LogP contribution in [0.5, 0.6) is 0 Å². The number of carbonyl (C=O) groups excluding carboxylic acids is 1.